The molecule has 2 N–H and O–H groups in total. The van der Waals surface area contributed by atoms with Crippen molar-refractivity contribution in [3.8, 4) is 0 Å². The minimum absolute atomic E-state index is 0.368. The van der Waals surface area contributed by atoms with Gasteiger partial charge in [0.1, 0.15) is 0 Å². The van der Waals surface area contributed by atoms with Crippen LogP contribution in [-0.4, -0.2) is 50.1 Å². The molecule has 1 aliphatic carbocycles. The van der Waals surface area contributed by atoms with Crippen LogP contribution in [0.4, 0.5) is 0 Å². The summed E-state index contributed by atoms with van der Waals surface area (Å²) >= 11 is 0. The molecule has 3 nitrogen and oxygen atoms in total. The average molecular weight is 287 g/mol. The molecule has 0 amide bonds. The second-order valence-corrected chi connectivity index (χ2v) is 7.01. The molecule has 1 heterocycles. The second kappa shape index (κ2) is 6.47. The summed E-state index contributed by atoms with van der Waals surface area (Å²) in [7, 11) is 4.47. The lowest BCUT2D eigenvalue weighted by Crippen LogP contribution is -2.35. The third-order valence-corrected chi connectivity index (χ3v) is 5.16. The highest BCUT2D eigenvalue weighted by molar-refractivity contribution is 5.35. The van der Waals surface area contributed by atoms with Crippen LogP contribution in [0.2, 0.25) is 0 Å². The zero-order valence-corrected chi connectivity index (χ0v) is 13.5. The van der Waals surface area contributed by atoms with Crippen molar-refractivity contribution in [3.63, 3.8) is 0 Å². The maximum Gasteiger partial charge on any atom is 0.0470 e. The molecule has 0 aromatic heterocycles. The van der Waals surface area contributed by atoms with E-state index in [2.05, 4.69) is 48.2 Å². The Kier molecular flexibility index (Phi) is 4.63. The Balaban J connectivity index is 1.72. The van der Waals surface area contributed by atoms with E-state index in [-0.39, 0.29) is 0 Å². The van der Waals surface area contributed by atoms with Crippen molar-refractivity contribution in [3.05, 3.63) is 35.4 Å². The van der Waals surface area contributed by atoms with Crippen molar-refractivity contribution in [2.24, 2.45) is 11.7 Å². The summed E-state index contributed by atoms with van der Waals surface area (Å²) < 4.78 is 0. The molecule has 2 atom stereocenters. The largest absolute Gasteiger partial charge is 0.329 e. The van der Waals surface area contributed by atoms with Gasteiger partial charge in [-0.05, 0) is 62.9 Å². The number of nitrogens with zero attached hydrogens (tertiary/aromatic N) is 2. The Morgan fingerprint density at radius 2 is 2.05 bits per heavy atom. The van der Waals surface area contributed by atoms with Gasteiger partial charge in [-0.25, -0.2) is 0 Å². The molecule has 1 saturated heterocycles. The van der Waals surface area contributed by atoms with E-state index in [0.717, 1.165) is 18.4 Å². The first-order valence-corrected chi connectivity index (χ1v) is 8.36. The van der Waals surface area contributed by atoms with Crippen LogP contribution in [0.25, 0.3) is 0 Å². The van der Waals surface area contributed by atoms with E-state index in [1.807, 2.05) is 0 Å². The summed E-state index contributed by atoms with van der Waals surface area (Å²) in [6, 6.07) is 9.32. The first-order valence-electron chi connectivity index (χ1n) is 8.36. The molecule has 21 heavy (non-hydrogen) atoms. The molecule has 2 aliphatic rings. The minimum Gasteiger partial charge on any atom is -0.329 e. The fourth-order valence-corrected chi connectivity index (χ4v) is 3.83. The lowest BCUT2D eigenvalue weighted by atomic mass is 9.95. The van der Waals surface area contributed by atoms with Gasteiger partial charge in [0.2, 0.25) is 0 Å². The van der Waals surface area contributed by atoms with Crippen molar-refractivity contribution in [1.82, 2.24) is 9.80 Å². The van der Waals surface area contributed by atoms with Gasteiger partial charge in [-0.15, -0.1) is 0 Å². The van der Waals surface area contributed by atoms with Gasteiger partial charge < -0.3 is 10.6 Å². The van der Waals surface area contributed by atoms with Crippen molar-refractivity contribution in [2.45, 2.75) is 31.2 Å². The smallest absolute Gasteiger partial charge is 0.0470 e. The van der Waals surface area contributed by atoms with Crippen LogP contribution < -0.4 is 5.73 Å². The standard InChI is InChI=1S/C18H29N3/c1-20-10-9-14(12-20)13-21(2)18(11-19)17-6-4-3-5-16(17)15-7-8-15/h3-6,14-15,18H,7-13,19H2,1-2H3. The molecule has 1 saturated carbocycles. The van der Waals surface area contributed by atoms with Gasteiger partial charge >= 0.3 is 0 Å². The molecule has 3 heteroatoms. The lowest BCUT2D eigenvalue weighted by molar-refractivity contribution is 0.211. The highest BCUT2D eigenvalue weighted by atomic mass is 15.2. The molecule has 0 radical (unpaired) electrons. The van der Waals surface area contributed by atoms with Gasteiger partial charge in [0.15, 0.2) is 0 Å². The van der Waals surface area contributed by atoms with Gasteiger partial charge in [-0.1, -0.05) is 24.3 Å². The Bertz CT molecular complexity index is 469. The van der Waals surface area contributed by atoms with E-state index >= 15 is 0 Å². The van der Waals surface area contributed by atoms with Gasteiger partial charge in [-0.3, -0.25) is 4.90 Å². The van der Waals surface area contributed by atoms with Crippen molar-refractivity contribution in [2.75, 3.05) is 40.3 Å². The number of hydrogen-bond acceptors (Lipinski definition) is 3. The number of hydrogen-bond donors (Lipinski definition) is 1. The molecule has 1 aromatic carbocycles. The molecule has 2 unspecified atom stereocenters. The Hall–Kier alpha value is -0.900. The normalized spacial score (nSPS) is 24.7. The van der Waals surface area contributed by atoms with Crippen LogP contribution in [0.5, 0.6) is 0 Å². The lowest BCUT2D eigenvalue weighted by Gasteiger charge is -2.31. The maximum absolute atomic E-state index is 6.14. The number of benzene rings is 1. The first kappa shape index (κ1) is 15.0. The van der Waals surface area contributed by atoms with E-state index in [1.165, 1.54) is 37.9 Å². The Morgan fingerprint density at radius 1 is 1.29 bits per heavy atom. The Morgan fingerprint density at radius 3 is 2.67 bits per heavy atom. The third kappa shape index (κ3) is 3.47. The number of likely N-dealkylation sites (N-methyl/N-ethyl adjacent to an activating group) is 1. The first-order chi connectivity index (χ1) is 10.2. The van der Waals surface area contributed by atoms with Gasteiger partial charge in [0.05, 0.1) is 0 Å². The van der Waals surface area contributed by atoms with Crippen molar-refractivity contribution >= 4 is 0 Å². The van der Waals surface area contributed by atoms with Crippen molar-refractivity contribution < 1.29 is 0 Å². The number of nitrogens with two attached hydrogens (primary N) is 1. The molecule has 1 aromatic rings. The molecule has 1 aliphatic heterocycles. The molecule has 2 fully saturated rings. The maximum atomic E-state index is 6.14. The molecular formula is C18H29N3. The summed E-state index contributed by atoms with van der Waals surface area (Å²) in [4.78, 5) is 4.93. The topological polar surface area (TPSA) is 32.5 Å². The summed E-state index contributed by atoms with van der Waals surface area (Å²) in [5.74, 6) is 1.59. The highest BCUT2D eigenvalue weighted by Gasteiger charge is 2.30. The Labute approximate surface area is 129 Å². The SMILES string of the molecule is CN1CCC(CN(C)C(CN)c2ccccc2C2CC2)C1. The van der Waals surface area contributed by atoms with E-state index in [9.17, 15) is 0 Å². The fraction of sp³-hybridized carbons (Fsp3) is 0.667. The second-order valence-electron chi connectivity index (χ2n) is 7.01. The summed E-state index contributed by atoms with van der Waals surface area (Å²) in [5.41, 5.74) is 9.16. The monoisotopic (exact) mass is 287 g/mol. The summed E-state index contributed by atoms with van der Waals surface area (Å²) in [6.45, 7) is 4.34. The van der Waals surface area contributed by atoms with E-state index in [1.54, 1.807) is 5.56 Å². The summed E-state index contributed by atoms with van der Waals surface area (Å²) in [6.07, 6.45) is 4.03. The van der Waals surface area contributed by atoms with Crippen LogP contribution >= 0.6 is 0 Å². The highest BCUT2D eigenvalue weighted by Crippen LogP contribution is 2.43. The molecular weight excluding hydrogens is 258 g/mol. The van der Waals surface area contributed by atoms with Crippen LogP contribution in [0.3, 0.4) is 0 Å². The number of likely N-dealkylation sites (tertiary alicyclic amines) is 1. The molecule has 3 rings (SSSR count). The molecule has 0 bridgehead atoms. The zero-order chi connectivity index (χ0) is 14.8. The van der Waals surface area contributed by atoms with Crippen LogP contribution in [0, 0.1) is 5.92 Å². The third-order valence-electron chi connectivity index (χ3n) is 5.16. The molecule has 116 valence electrons. The fourth-order valence-electron chi connectivity index (χ4n) is 3.83. The van der Waals surface area contributed by atoms with Crippen LogP contribution in [0.1, 0.15) is 42.3 Å². The quantitative estimate of drug-likeness (QED) is 0.872. The number of rotatable bonds is 6. The van der Waals surface area contributed by atoms with Crippen LogP contribution in [0.15, 0.2) is 24.3 Å². The van der Waals surface area contributed by atoms with Crippen LogP contribution in [-0.2, 0) is 0 Å². The van der Waals surface area contributed by atoms with E-state index < -0.39 is 0 Å². The van der Waals surface area contributed by atoms with Gasteiger partial charge in [0, 0.05) is 25.7 Å². The minimum atomic E-state index is 0.368. The predicted octanol–water partition coefficient (Wildman–Crippen LogP) is 2.45. The van der Waals surface area contributed by atoms with E-state index in [0.29, 0.717) is 12.6 Å². The average Bonchev–Trinajstić information content (AvgIpc) is 3.24. The van der Waals surface area contributed by atoms with E-state index in [4.69, 9.17) is 5.73 Å². The summed E-state index contributed by atoms with van der Waals surface area (Å²) in [5, 5.41) is 0. The van der Waals surface area contributed by atoms with Crippen molar-refractivity contribution in [1.29, 1.82) is 0 Å². The zero-order valence-electron chi connectivity index (χ0n) is 13.5. The van der Waals surface area contributed by atoms with Gasteiger partial charge in [-0.2, -0.15) is 0 Å². The molecule has 0 spiro atoms. The predicted molar refractivity (Wildman–Crippen MR) is 88.4 cm³/mol. The van der Waals surface area contributed by atoms with Gasteiger partial charge in [0.25, 0.3) is 0 Å².